The number of piperazine rings is 1. The minimum absolute atomic E-state index is 0.0512. The van der Waals surface area contributed by atoms with E-state index in [0.29, 0.717) is 31.9 Å². The summed E-state index contributed by atoms with van der Waals surface area (Å²) in [7, 11) is 0. The van der Waals surface area contributed by atoms with E-state index in [1.807, 2.05) is 43.0 Å². The molecule has 2 aromatic rings. The Hall–Kier alpha value is -2.78. The smallest absolute Gasteiger partial charge is 0.322 e. The molecule has 1 aliphatic rings. The van der Waals surface area contributed by atoms with E-state index in [0.717, 1.165) is 24.1 Å². The second-order valence-corrected chi connectivity index (χ2v) is 7.72. The average molecular weight is 409 g/mol. The van der Waals surface area contributed by atoms with E-state index in [2.05, 4.69) is 14.7 Å². The van der Waals surface area contributed by atoms with Gasteiger partial charge in [0.05, 0.1) is 5.69 Å². The zero-order valence-electron chi connectivity index (χ0n) is 17.7. The molecule has 0 aliphatic carbocycles. The highest BCUT2D eigenvalue weighted by atomic mass is 19.1. The van der Waals surface area contributed by atoms with Crippen molar-refractivity contribution >= 4 is 11.5 Å². The normalized spacial score (nSPS) is 15.8. The Morgan fingerprint density at radius 1 is 1.17 bits per heavy atom. The minimum atomic E-state index is -0.406. The lowest BCUT2D eigenvalue weighted by molar-refractivity contribution is -0.122. The maximum Gasteiger partial charge on any atom is 0.322 e. The zero-order valence-corrected chi connectivity index (χ0v) is 17.7. The number of anilines is 1. The fraction of sp³-hybridized carbons (Fsp3) is 0.458. The Kier molecular flexibility index (Phi) is 7.53. The van der Waals surface area contributed by atoms with Crippen molar-refractivity contribution in [1.29, 1.82) is 0 Å². The molecule has 2 heterocycles. The Balaban J connectivity index is 1.63. The monoisotopic (exact) mass is 408 g/mol. The van der Waals surface area contributed by atoms with Crippen LogP contribution in [0.4, 0.5) is 10.1 Å². The molecule has 30 heavy (non-hydrogen) atoms. The number of Topliss-reactive ketones (excluding diaryl/α,β-unsaturated/α-hetero) is 1. The molecule has 0 saturated carbocycles. The lowest BCUT2D eigenvalue weighted by atomic mass is 9.93. The van der Waals surface area contributed by atoms with Crippen LogP contribution in [0.5, 0.6) is 0 Å². The van der Waals surface area contributed by atoms with Gasteiger partial charge in [-0.2, -0.15) is 0 Å². The van der Waals surface area contributed by atoms with Crippen LogP contribution >= 0.6 is 0 Å². The summed E-state index contributed by atoms with van der Waals surface area (Å²) in [4.78, 5) is 24.5. The van der Waals surface area contributed by atoms with Crippen LogP contribution < -0.4 is 4.90 Å². The number of pyridine rings is 1. The number of carbonyl (C=O) groups is 1. The number of nitrogens with zero attached hydrogens (tertiary/aromatic N) is 4. The number of rotatable bonds is 8. The van der Waals surface area contributed by atoms with Crippen molar-refractivity contribution in [3.63, 3.8) is 0 Å². The number of hydrogen-bond acceptors (Lipinski definition) is 4. The highest BCUT2D eigenvalue weighted by Crippen LogP contribution is 2.26. The zero-order chi connectivity index (χ0) is 21.5. The van der Waals surface area contributed by atoms with Crippen molar-refractivity contribution in [2.45, 2.75) is 39.3 Å². The van der Waals surface area contributed by atoms with Crippen LogP contribution in [0.15, 0.2) is 42.6 Å². The number of hydrogen-bond donors (Lipinski definition) is 0. The predicted octanol–water partition coefficient (Wildman–Crippen LogP) is 4.51. The van der Waals surface area contributed by atoms with Crippen LogP contribution in [0.25, 0.3) is 4.85 Å². The average Bonchev–Trinajstić information content (AvgIpc) is 2.77. The SMILES string of the molecule is [C-]#[N+]C(c1ccccn1)N1CCN(c2ccc(CC(=O)C(CC)CC)cc2F)CC1. The lowest BCUT2D eigenvalue weighted by Crippen LogP contribution is -2.47. The van der Waals surface area contributed by atoms with E-state index in [4.69, 9.17) is 6.57 Å². The fourth-order valence-electron chi connectivity index (χ4n) is 4.08. The summed E-state index contributed by atoms with van der Waals surface area (Å²) in [5, 5.41) is 0. The van der Waals surface area contributed by atoms with E-state index in [9.17, 15) is 9.18 Å². The number of halogens is 1. The van der Waals surface area contributed by atoms with Crippen molar-refractivity contribution in [1.82, 2.24) is 9.88 Å². The minimum Gasteiger partial charge on any atom is -0.367 e. The van der Waals surface area contributed by atoms with E-state index in [-0.39, 0.29) is 23.9 Å². The van der Waals surface area contributed by atoms with E-state index >= 15 is 0 Å². The van der Waals surface area contributed by atoms with Gasteiger partial charge in [0.2, 0.25) is 0 Å². The number of ketones is 1. The Morgan fingerprint density at radius 3 is 2.47 bits per heavy atom. The van der Waals surface area contributed by atoms with E-state index in [1.165, 1.54) is 6.07 Å². The molecular weight excluding hydrogens is 379 g/mol. The van der Waals surface area contributed by atoms with Crippen molar-refractivity contribution in [3.05, 3.63) is 71.1 Å². The quantitative estimate of drug-likeness (QED) is 0.603. The van der Waals surface area contributed by atoms with Gasteiger partial charge in [-0.05, 0) is 42.7 Å². The molecule has 0 radical (unpaired) electrons. The third kappa shape index (κ3) is 5.03. The van der Waals surface area contributed by atoms with Crippen molar-refractivity contribution in [2.75, 3.05) is 31.1 Å². The molecule has 1 aliphatic heterocycles. The highest BCUT2D eigenvalue weighted by molar-refractivity contribution is 5.83. The van der Waals surface area contributed by atoms with Gasteiger partial charge in [-0.1, -0.05) is 26.0 Å². The molecule has 6 heteroatoms. The molecule has 0 N–H and O–H groups in total. The van der Waals surface area contributed by atoms with Crippen LogP contribution in [0.1, 0.15) is 44.1 Å². The summed E-state index contributed by atoms with van der Waals surface area (Å²) >= 11 is 0. The van der Waals surface area contributed by atoms with Gasteiger partial charge < -0.3 is 4.90 Å². The fourth-order valence-corrected chi connectivity index (χ4v) is 4.08. The standard InChI is InChI=1S/C24H29FN4O/c1-4-19(5-2)23(30)17-18-9-10-22(20(25)16-18)28-12-14-29(15-13-28)24(26-3)21-8-6-7-11-27-21/h6-11,16,19,24H,4-5,12-15,17H2,1-2H3. The van der Waals surface area contributed by atoms with Crippen LogP contribution in [0.3, 0.4) is 0 Å². The second kappa shape index (κ2) is 10.3. The van der Waals surface area contributed by atoms with Gasteiger partial charge in [-0.3, -0.25) is 14.6 Å². The summed E-state index contributed by atoms with van der Waals surface area (Å²) in [6, 6.07) is 10.7. The van der Waals surface area contributed by atoms with Crippen LogP contribution in [0, 0.1) is 18.3 Å². The summed E-state index contributed by atoms with van der Waals surface area (Å²) < 4.78 is 14.8. The molecule has 158 valence electrons. The number of benzene rings is 1. The molecule has 5 nitrogen and oxygen atoms in total. The third-order valence-electron chi connectivity index (χ3n) is 5.91. The molecule has 1 saturated heterocycles. The molecule has 0 amide bonds. The summed E-state index contributed by atoms with van der Waals surface area (Å²) in [5.41, 5.74) is 2.04. The van der Waals surface area contributed by atoms with Gasteiger partial charge in [-0.25, -0.2) is 15.9 Å². The first kappa shape index (κ1) is 21.9. The van der Waals surface area contributed by atoms with Gasteiger partial charge in [-0.15, -0.1) is 0 Å². The van der Waals surface area contributed by atoms with E-state index < -0.39 is 6.17 Å². The van der Waals surface area contributed by atoms with Crippen LogP contribution in [-0.2, 0) is 11.2 Å². The van der Waals surface area contributed by atoms with E-state index in [1.54, 1.807) is 12.3 Å². The second-order valence-electron chi connectivity index (χ2n) is 7.72. The van der Waals surface area contributed by atoms with Gasteiger partial charge in [0.1, 0.15) is 17.3 Å². The lowest BCUT2D eigenvalue weighted by Gasteiger charge is -2.36. The Morgan fingerprint density at radius 2 is 1.90 bits per heavy atom. The summed E-state index contributed by atoms with van der Waals surface area (Å²) in [6.07, 6.45) is 3.23. The molecule has 0 bridgehead atoms. The largest absolute Gasteiger partial charge is 0.367 e. The summed E-state index contributed by atoms with van der Waals surface area (Å²) in [5.74, 6) is -0.0551. The maximum absolute atomic E-state index is 14.8. The molecule has 1 atom stereocenters. The van der Waals surface area contributed by atoms with Gasteiger partial charge >= 0.3 is 6.17 Å². The highest BCUT2D eigenvalue weighted by Gasteiger charge is 2.30. The molecule has 1 fully saturated rings. The molecule has 1 unspecified atom stereocenters. The Labute approximate surface area is 178 Å². The molecule has 0 spiro atoms. The first-order valence-electron chi connectivity index (χ1n) is 10.6. The first-order valence-corrected chi connectivity index (χ1v) is 10.6. The molecule has 1 aromatic heterocycles. The van der Waals surface area contributed by atoms with Crippen LogP contribution in [0.2, 0.25) is 0 Å². The molecule has 3 rings (SSSR count). The summed E-state index contributed by atoms with van der Waals surface area (Å²) in [6.45, 7) is 14.2. The first-order chi connectivity index (χ1) is 14.6. The number of aromatic nitrogens is 1. The predicted molar refractivity (Wildman–Crippen MR) is 117 cm³/mol. The number of carbonyl (C=O) groups excluding carboxylic acids is 1. The van der Waals surface area contributed by atoms with Crippen LogP contribution in [-0.4, -0.2) is 41.8 Å². The van der Waals surface area contributed by atoms with Crippen molar-refractivity contribution in [2.24, 2.45) is 5.92 Å². The van der Waals surface area contributed by atoms with Crippen molar-refractivity contribution < 1.29 is 9.18 Å². The maximum atomic E-state index is 14.8. The Bertz CT molecular complexity index is 884. The molecular formula is C24H29FN4O. The third-order valence-corrected chi connectivity index (χ3v) is 5.91. The topological polar surface area (TPSA) is 40.8 Å². The van der Waals surface area contributed by atoms with Gasteiger partial charge in [0.25, 0.3) is 0 Å². The van der Waals surface area contributed by atoms with Gasteiger partial charge in [0.15, 0.2) is 0 Å². The molecule has 1 aromatic carbocycles. The van der Waals surface area contributed by atoms with Gasteiger partial charge in [0, 0.05) is 44.7 Å². The van der Waals surface area contributed by atoms with Crippen molar-refractivity contribution in [3.8, 4) is 0 Å².